The van der Waals surface area contributed by atoms with Gasteiger partial charge in [0.05, 0.1) is 0 Å². The van der Waals surface area contributed by atoms with Crippen LogP contribution in [0.5, 0.6) is 0 Å². The Kier molecular flexibility index (Phi) is 5.73. The predicted octanol–water partition coefficient (Wildman–Crippen LogP) is 3.86. The fourth-order valence-corrected chi connectivity index (χ4v) is 2.16. The molecule has 0 heterocycles. The number of nitrogens with one attached hydrogen (secondary N) is 3. The van der Waals surface area contributed by atoms with E-state index in [0.29, 0.717) is 23.5 Å². The Morgan fingerprint density at radius 1 is 1.00 bits per heavy atom. The second-order valence-corrected chi connectivity index (χ2v) is 5.47. The van der Waals surface area contributed by atoms with Gasteiger partial charge < -0.3 is 16.0 Å². The molecule has 0 atom stereocenters. The average molecular weight is 323 g/mol. The fourth-order valence-electron chi connectivity index (χ4n) is 2.16. The van der Waals surface area contributed by atoms with E-state index in [-0.39, 0.29) is 11.9 Å². The van der Waals surface area contributed by atoms with Gasteiger partial charge in [0.1, 0.15) is 0 Å². The highest BCUT2D eigenvalue weighted by molar-refractivity contribution is 6.05. The molecule has 0 aromatic heterocycles. The van der Waals surface area contributed by atoms with E-state index in [9.17, 15) is 9.59 Å². The van der Waals surface area contributed by atoms with Gasteiger partial charge in [0, 0.05) is 23.5 Å². The molecular weight excluding hydrogens is 302 g/mol. The van der Waals surface area contributed by atoms with Crippen molar-refractivity contribution in [2.45, 2.75) is 13.8 Å². The van der Waals surface area contributed by atoms with E-state index in [1.807, 2.05) is 32.0 Å². The third-order valence-corrected chi connectivity index (χ3v) is 3.45. The number of carbonyl (C=O) groups is 2. The van der Waals surface area contributed by atoms with Gasteiger partial charge >= 0.3 is 6.03 Å². The fraction of sp³-hybridized carbons (Fsp3) is 0.158. The number of urea groups is 1. The molecule has 0 fully saturated rings. The molecule has 0 radical (unpaired) electrons. The van der Waals surface area contributed by atoms with Gasteiger partial charge in [-0.2, -0.15) is 0 Å². The molecule has 0 unspecified atom stereocenters. The van der Waals surface area contributed by atoms with E-state index in [0.717, 1.165) is 11.1 Å². The smallest absolute Gasteiger partial charge is 0.319 e. The lowest BCUT2D eigenvalue weighted by molar-refractivity contribution is 0.102. The number of anilines is 2. The van der Waals surface area contributed by atoms with Crippen LogP contribution in [0.15, 0.2) is 55.1 Å². The monoisotopic (exact) mass is 323 g/mol. The molecule has 2 aromatic carbocycles. The van der Waals surface area contributed by atoms with Crippen LogP contribution in [0.2, 0.25) is 0 Å². The van der Waals surface area contributed by atoms with Crippen LogP contribution in [-0.2, 0) is 0 Å². The van der Waals surface area contributed by atoms with E-state index < -0.39 is 0 Å². The van der Waals surface area contributed by atoms with E-state index >= 15 is 0 Å². The standard InChI is InChI=1S/C19H21N3O2/c1-4-11-20-19(24)22-16-9-7-15(8-10-16)21-18(23)17-12-13(2)5-6-14(17)3/h4-10,12H,1,11H2,2-3H3,(H,21,23)(H2,20,22,24). The highest BCUT2D eigenvalue weighted by atomic mass is 16.2. The minimum atomic E-state index is -0.304. The van der Waals surface area contributed by atoms with Gasteiger partial charge in [-0.05, 0) is 49.7 Å². The topological polar surface area (TPSA) is 70.2 Å². The van der Waals surface area contributed by atoms with Gasteiger partial charge in [-0.3, -0.25) is 4.79 Å². The molecule has 0 bridgehead atoms. The molecule has 3 amide bonds. The second-order valence-electron chi connectivity index (χ2n) is 5.47. The summed E-state index contributed by atoms with van der Waals surface area (Å²) in [6.45, 7) is 7.79. The van der Waals surface area contributed by atoms with Crippen molar-refractivity contribution >= 4 is 23.3 Å². The molecule has 5 heteroatoms. The Balaban J connectivity index is 2.01. The molecule has 124 valence electrons. The van der Waals surface area contributed by atoms with Gasteiger partial charge in [0.2, 0.25) is 0 Å². The van der Waals surface area contributed by atoms with Crippen LogP contribution in [0.25, 0.3) is 0 Å². The summed E-state index contributed by atoms with van der Waals surface area (Å²) in [6, 6.07) is 12.4. The summed E-state index contributed by atoms with van der Waals surface area (Å²) in [5.74, 6) is -0.152. The third-order valence-electron chi connectivity index (χ3n) is 3.45. The maximum absolute atomic E-state index is 12.4. The number of hydrogen-bond acceptors (Lipinski definition) is 2. The minimum absolute atomic E-state index is 0.152. The number of carbonyl (C=O) groups excluding carboxylic acids is 2. The molecular formula is C19H21N3O2. The predicted molar refractivity (Wildman–Crippen MR) is 97.5 cm³/mol. The number of rotatable bonds is 5. The summed E-state index contributed by atoms with van der Waals surface area (Å²) in [4.78, 5) is 23.9. The van der Waals surface area contributed by atoms with Crippen LogP contribution in [0.4, 0.5) is 16.2 Å². The first kappa shape index (κ1) is 17.3. The number of benzene rings is 2. The first-order valence-electron chi connectivity index (χ1n) is 7.64. The van der Waals surface area contributed by atoms with E-state index in [4.69, 9.17) is 0 Å². The van der Waals surface area contributed by atoms with Gasteiger partial charge in [-0.25, -0.2) is 4.79 Å². The summed E-state index contributed by atoms with van der Waals surface area (Å²) < 4.78 is 0. The summed E-state index contributed by atoms with van der Waals surface area (Å²) in [5.41, 5.74) is 3.92. The lowest BCUT2D eigenvalue weighted by atomic mass is 10.1. The van der Waals surface area contributed by atoms with Gasteiger partial charge in [0.15, 0.2) is 0 Å². The Hall–Kier alpha value is -3.08. The summed E-state index contributed by atoms with van der Waals surface area (Å²) >= 11 is 0. The first-order valence-corrected chi connectivity index (χ1v) is 7.64. The van der Waals surface area contributed by atoms with Gasteiger partial charge in [0.25, 0.3) is 5.91 Å². The second kappa shape index (κ2) is 7.97. The highest BCUT2D eigenvalue weighted by Crippen LogP contribution is 2.16. The lowest BCUT2D eigenvalue weighted by Crippen LogP contribution is -2.28. The van der Waals surface area contributed by atoms with Crippen molar-refractivity contribution in [2.75, 3.05) is 17.2 Å². The van der Waals surface area contributed by atoms with Gasteiger partial charge in [-0.15, -0.1) is 6.58 Å². The summed E-state index contributed by atoms with van der Waals surface area (Å²) in [7, 11) is 0. The number of aryl methyl sites for hydroxylation is 2. The SMILES string of the molecule is C=CCNC(=O)Nc1ccc(NC(=O)c2cc(C)ccc2C)cc1. The maximum Gasteiger partial charge on any atom is 0.319 e. The quantitative estimate of drug-likeness (QED) is 0.731. The molecule has 0 aliphatic rings. The third kappa shape index (κ3) is 4.71. The van der Waals surface area contributed by atoms with Crippen LogP contribution >= 0.6 is 0 Å². The van der Waals surface area contributed by atoms with Crippen molar-refractivity contribution in [3.63, 3.8) is 0 Å². The zero-order chi connectivity index (χ0) is 17.5. The molecule has 3 N–H and O–H groups in total. The van der Waals surface area contributed by atoms with Crippen molar-refractivity contribution < 1.29 is 9.59 Å². The number of hydrogen-bond donors (Lipinski definition) is 3. The Bertz CT molecular complexity index is 752. The van der Waals surface area contributed by atoms with Crippen molar-refractivity contribution in [3.8, 4) is 0 Å². The molecule has 0 saturated carbocycles. The van der Waals surface area contributed by atoms with Crippen molar-refractivity contribution in [1.82, 2.24) is 5.32 Å². The molecule has 2 rings (SSSR count). The maximum atomic E-state index is 12.4. The minimum Gasteiger partial charge on any atom is -0.334 e. The Morgan fingerprint density at radius 3 is 2.25 bits per heavy atom. The van der Waals surface area contributed by atoms with Crippen molar-refractivity contribution in [2.24, 2.45) is 0 Å². The molecule has 0 aliphatic heterocycles. The van der Waals surface area contributed by atoms with Crippen LogP contribution in [0, 0.1) is 13.8 Å². The van der Waals surface area contributed by atoms with Gasteiger partial charge in [-0.1, -0.05) is 23.8 Å². The van der Waals surface area contributed by atoms with Crippen LogP contribution < -0.4 is 16.0 Å². The molecule has 0 spiro atoms. The number of amides is 3. The molecule has 0 aliphatic carbocycles. The molecule has 24 heavy (non-hydrogen) atoms. The van der Waals surface area contributed by atoms with E-state index in [2.05, 4.69) is 22.5 Å². The van der Waals surface area contributed by atoms with Crippen molar-refractivity contribution in [3.05, 3.63) is 71.8 Å². The molecule has 2 aromatic rings. The van der Waals surface area contributed by atoms with Crippen molar-refractivity contribution in [1.29, 1.82) is 0 Å². The summed E-state index contributed by atoms with van der Waals surface area (Å²) in [5, 5.41) is 8.18. The average Bonchev–Trinajstić information content (AvgIpc) is 2.57. The van der Waals surface area contributed by atoms with E-state index in [1.54, 1.807) is 30.3 Å². The van der Waals surface area contributed by atoms with Crippen LogP contribution in [-0.4, -0.2) is 18.5 Å². The first-order chi connectivity index (χ1) is 11.5. The molecule has 0 saturated heterocycles. The van der Waals surface area contributed by atoms with E-state index in [1.165, 1.54) is 0 Å². The van der Waals surface area contributed by atoms with Crippen LogP contribution in [0.3, 0.4) is 0 Å². The Labute approximate surface area is 141 Å². The summed E-state index contributed by atoms with van der Waals surface area (Å²) in [6.07, 6.45) is 1.60. The van der Waals surface area contributed by atoms with Crippen LogP contribution in [0.1, 0.15) is 21.5 Å². The highest BCUT2D eigenvalue weighted by Gasteiger charge is 2.09. The zero-order valence-electron chi connectivity index (χ0n) is 13.8. The molecule has 5 nitrogen and oxygen atoms in total. The zero-order valence-corrected chi connectivity index (χ0v) is 13.8. The lowest BCUT2D eigenvalue weighted by Gasteiger charge is -2.10. The largest absolute Gasteiger partial charge is 0.334 e. The normalized spacial score (nSPS) is 9.92. The Morgan fingerprint density at radius 2 is 1.62 bits per heavy atom.